The lowest BCUT2D eigenvalue weighted by atomic mass is 9.78. The Morgan fingerprint density at radius 2 is 1.86 bits per heavy atom. The van der Waals surface area contributed by atoms with Crippen LogP contribution in [0.5, 0.6) is 0 Å². The first kappa shape index (κ1) is 15.7. The van der Waals surface area contributed by atoms with E-state index in [4.69, 9.17) is 14.6 Å². The molecular weight excluding hydrogens is 265 g/mol. The Kier molecular flexibility index (Phi) is 4.22. The minimum absolute atomic E-state index is 0.0548. The van der Waals surface area contributed by atoms with Gasteiger partial charge in [-0.25, -0.2) is 0 Å². The highest BCUT2D eigenvalue weighted by atomic mass is 16.7. The topological polar surface area (TPSA) is 59.3 Å². The van der Waals surface area contributed by atoms with Gasteiger partial charge in [-0.1, -0.05) is 24.3 Å². The zero-order valence-electron chi connectivity index (χ0n) is 13.0. The quantitative estimate of drug-likeness (QED) is 0.794. The van der Waals surface area contributed by atoms with Crippen LogP contribution in [-0.4, -0.2) is 24.1 Å². The van der Waals surface area contributed by atoms with E-state index < -0.39 is 7.12 Å². The SMILES string of the molecule is CC1(C)OB(c2cccc(CC(=O)CC#N)c2)OC1(C)C. The van der Waals surface area contributed by atoms with Gasteiger partial charge in [0.05, 0.1) is 23.7 Å². The first-order valence-corrected chi connectivity index (χ1v) is 7.08. The van der Waals surface area contributed by atoms with Gasteiger partial charge in [0.15, 0.2) is 5.78 Å². The fourth-order valence-corrected chi connectivity index (χ4v) is 2.21. The van der Waals surface area contributed by atoms with Crippen molar-refractivity contribution in [1.29, 1.82) is 5.26 Å². The molecule has 0 saturated carbocycles. The van der Waals surface area contributed by atoms with E-state index in [0.29, 0.717) is 0 Å². The second-order valence-electron chi connectivity index (χ2n) is 6.38. The lowest BCUT2D eigenvalue weighted by Gasteiger charge is -2.32. The number of hydrogen-bond donors (Lipinski definition) is 0. The highest BCUT2D eigenvalue weighted by Crippen LogP contribution is 2.36. The Balaban J connectivity index is 2.16. The van der Waals surface area contributed by atoms with Crippen LogP contribution < -0.4 is 5.46 Å². The minimum atomic E-state index is -0.430. The summed E-state index contributed by atoms with van der Waals surface area (Å²) in [4.78, 5) is 11.6. The van der Waals surface area contributed by atoms with Gasteiger partial charge in [-0.3, -0.25) is 4.79 Å². The molecule has 5 heteroatoms. The smallest absolute Gasteiger partial charge is 0.399 e. The summed E-state index contributed by atoms with van der Waals surface area (Å²) >= 11 is 0. The molecule has 0 atom stereocenters. The third kappa shape index (κ3) is 3.34. The molecular formula is C16H20BNO3. The van der Waals surface area contributed by atoms with Crippen molar-refractivity contribution in [3.8, 4) is 6.07 Å². The molecule has 0 amide bonds. The van der Waals surface area contributed by atoms with E-state index >= 15 is 0 Å². The maximum Gasteiger partial charge on any atom is 0.494 e. The van der Waals surface area contributed by atoms with Crippen molar-refractivity contribution in [3.63, 3.8) is 0 Å². The molecule has 110 valence electrons. The van der Waals surface area contributed by atoms with Crippen LogP contribution in [0.25, 0.3) is 0 Å². The molecule has 0 aliphatic carbocycles. The number of rotatable bonds is 4. The molecule has 1 fully saturated rings. The van der Waals surface area contributed by atoms with E-state index in [1.165, 1.54) is 0 Å². The second-order valence-corrected chi connectivity index (χ2v) is 6.38. The van der Waals surface area contributed by atoms with Crippen molar-refractivity contribution in [1.82, 2.24) is 0 Å². The summed E-state index contributed by atoms with van der Waals surface area (Å²) in [6.45, 7) is 8.03. The highest BCUT2D eigenvalue weighted by molar-refractivity contribution is 6.62. The summed E-state index contributed by atoms with van der Waals surface area (Å²) in [7, 11) is -0.430. The molecule has 1 saturated heterocycles. The average molecular weight is 285 g/mol. The highest BCUT2D eigenvalue weighted by Gasteiger charge is 2.51. The summed E-state index contributed by atoms with van der Waals surface area (Å²) in [5, 5.41) is 8.55. The Bertz CT molecular complexity index is 573. The summed E-state index contributed by atoms with van der Waals surface area (Å²) < 4.78 is 12.0. The van der Waals surface area contributed by atoms with Crippen molar-refractivity contribution in [2.24, 2.45) is 0 Å². The van der Waals surface area contributed by atoms with E-state index in [1.807, 2.05) is 58.0 Å². The van der Waals surface area contributed by atoms with Crippen LogP contribution in [0.2, 0.25) is 0 Å². The summed E-state index contributed by atoms with van der Waals surface area (Å²) in [5.41, 5.74) is 1.01. The molecule has 1 aliphatic heterocycles. The normalized spacial score (nSPS) is 19.3. The summed E-state index contributed by atoms with van der Waals surface area (Å²) in [6.07, 6.45) is 0.210. The maximum absolute atomic E-state index is 11.6. The van der Waals surface area contributed by atoms with Crippen LogP contribution in [0.3, 0.4) is 0 Å². The number of carbonyl (C=O) groups excluding carboxylic acids is 1. The van der Waals surface area contributed by atoms with E-state index in [0.717, 1.165) is 11.0 Å². The molecule has 0 aromatic heterocycles. The number of nitriles is 1. The summed E-state index contributed by atoms with van der Waals surface area (Å²) in [5.74, 6) is -0.0800. The predicted molar refractivity (Wildman–Crippen MR) is 81.1 cm³/mol. The molecule has 0 bridgehead atoms. The summed E-state index contributed by atoms with van der Waals surface area (Å²) in [6, 6.07) is 9.49. The molecule has 1 aromatic carbocycles. The van der Waals surface area contributed by atoms with Crippen LogP contribution in [-0.2, 0) is 20.5 Å². The lowest BCUT2D eigenvalue weighted by molar-refractivity contribution is -0.117. The van der Waals surface area contributed by atoms with Crippen molar-refractivity contribution in [2.45, 2.75) is 51.7 Å². The average Bonchev–Trinajstić information content (AvgIpc) is 2.59. The fraction of sp³-hybridized carbons (Fsp3) is 0.500. The third-order valence-corrected chi connectivity index (χ3v) is 4.15. The van der Waals surface area contributed by atoms with Gasteiger partial charge in [-0.05, 0) is 38.7 Å². The first-order valence-electron chi connectivity index (χ1n) is 7.08. The Morgan fingerprint density at radius 3 is 2.43 bits per heavy atom. The van der Waals surface area contributed by atoms with Crippen LogP contribution in [0, 0.1) is 11.3 Å². The molecule has 0 unspecified atom stereocenters. The minimum Gasteiger partial charge on any atom is -0.399 e. The van der Waals surface area contributed by atoms with E-state index in [2.05, 4.69) is 0 Å². The molecule has 1 heterocycles. The van der Waals surface area contributed by atoms with E-state index in [-0.39, 0.29) is 29.8 Å². The molecule has 1 aromatic rings. The van der Waals surface area contributed by atoms with Gasteiger partial charge in [0.2, 0.25) is 0 Å². The van der Waals surface area contributed by atoms with Gasteiger partial charge >= 0.3 is 7.12 Å². The largest absolute Gasteiger partial charge is 0.494 e. The maximum atomic E-state index is 11.6. The number of carbonyl (C=O) groups is 1. The van der Waals surface area contributed by atoms with Crippen LogP contribution in [0.1, 0.15) is 39.7 Å². The van der Waals surface area contributed by atoms with E-state index in [9.17, 15) is 4.79 Å². The number of hydrogen-bond acceptors (Lipinski definition) is 4. The molecule has 2 rings (SSSR count). The third-order valence-electron chi connectivity index (χ3n) is 4.15. The second kappa shape index (κ2) is 5.63. The zero-order chi connectivity index (χ0) is 15.7. The Morgan fingerprint density at radius 1 is 1.24 bits per heavy atom. The lowest BCUT2D eigenvalue weighted by Crippen LogP contribution is -2.41. The van der Waals surface area contributed by atoms with Crippen molar-refractivity contribution < 1.29 is 14.1 Å². The van der Waals surface area contributed by atoms with Crippen molar-refractivity contribution in [2.75, 3.05) is 0 Å². The van der Waals surface area contributed by atoms with Crippen molar-refractivity contribution in [3.05, 3.63) is 29.8 Å². The number of Topliss-reactive ketones (excluding diaryl/α,β-unsaturated/α-hetero) is 1. The Labute approximate surface area is 126 Å². The Hall–Kier alpha value is -1.64. The zero-order valence-corrected chi connectivity index (χ0v) is 13.0. The molecule has 4 nitrogen and oxygen atoms in total. The molecule has 1 aliphatic rings. The fourth-order valence-electron chi connectivity index (χ4n) is 2.21. The predicted octanol–water partition coefficient (Wildman–Crippen LogP) is 2.01. The molecule has 0 N–H and O–H groups in total. The molecule has 0 radical (unpaired) electrons. The van der Waals surface area contributed by atoms with Crippen LogP contribution in [0.15, 0.2) is 24.3 Å². The standard InChI is InChI=1S/C16H20BNO3/c1-15(2)16(3,4)21-17(20-15)13-7-5-6-12(10-13)11-14(19)8-9-18/h5-7,10H,8,11H2,1-4H3. The first-order chi connectivity index (χ1) is 9.75. The number of nitrogens with zero attached hydrogens (tertiary/aromatic N) is 1. The van der Waals surface area contributed by atoms with Gasteiger partial charge in [0.1, 0.15) is 0 Å². The monoisotopic (exact) mass is 285 g/mol. The molecule has 21 heavy (non-hydrogen) atoms. The van der Waals surface area contributed by atoms with E-state index in [1.54, 1.807) is 0 Å². The van der Waals surface area contributed by atoms with Gasteiger partial charge in [-0.15, -0.1) is 0 Å². The van der Waals surface area contributed by atoms with Crippen molar-refractivity contribution >= 4 is 18.4 Å². The van der Waals surface area contributed by atoms with Gasteiger partial charge in [-0.2, -0.15) is 5.26 Å². The van der Waals surface area contributed by atoms with Gasteiger partial charge in [0.25, 0.3) is 0 Å². The van der Waals surface area contributed by atoms with Gasteiger partial charge in [0, 0.05) is 6.42 Å². The number of ketones is 1. The van der Waals surface area contributed by atoms with Crippen LogP contribution >= 0.6 is 0 Å². The van der Waals surface area contributed by atoms with Gasteiger partial charge < -0.3 is 9.31 Å². The molecule has 0 spiro atoms. The number of benzene rings is 1. The van der Waals surface area contributed by atoms with Crippen LogP contribution in [0.4, 0.5) is 0 Å².